The molecule has 0 saturated heterocycles. The number of Topliss-reactive ketones (excluding diaryl/α,β-unsaturated/α-hetero) is 1. The van der Waals surface area contributed by atoms with E-state index in [1.807, 2.05) is 13.8 Å². The molecule has 4 nitrogen and oxygen atoms in total. The molecule has 0 aliphatic heterocycles. The highest BCUT2D eigenvalue weighted by Crippen LogP contribution is 2.23. The summed E-state index contributed by atoms with van der Waals surface area (Å²) in [6.07, 6.45) is 0. The first-order chi connectivity index (χ1) is 9.47. The van der Waals surface area contributed by atoms with Crippen molar-refractivity contribution >= 4 is 17.5 Å². The monoisotopic (exact) mass is 293 g/mol. The van der Waals surface area contributed by atoms with Crippen LogP contribution in [0, 0.1) is 5.82 Å². The maximum absolute atomic E-state index is 12.8. The first-order valence-corrected chi connectivity index (χ1v) is 7.24. The summed E-state index contributed by atoms with van der Waals surface area (Å²) in [7, 11) is 0. The molecule has 0 spiro atoms. The highest BCUT2D eigenvalue weighted by molar-refractivity contribution is 8.00. The number of thioether (sulfide) groups is 1. The number of ketones is 1. The van der Waals surface area contributed by atoms with E-state index in [4.69, 9.17) is 0 Å². The van der Waals surface area contributed by atoms with Crippen LogP contribution in [0.3, 0.4) is 0 Å². The Balaban J connectivity index is 2.05. The number of nitrogens with zero attached hydrogens (tertiary/aromatic N) is 2. The van der Waals surface area contributed by atoms with E-state index in [1.165, 1.54) is 36.0 Å². The Bertz CT molecular complexity index is 595. The van der Waals surface area contributed by atoms with E-state index in [0.717, 1.165) is 5.82 Å². The summed E-state index contributed by atoms with van der Waals surface area (Å²) in [4.78, 5) is 16.5. The number of aromatic amines is 1. The van der Waals surface area contributed by atoms with Gasteiger partial charge in [-0.05, 0) is 31.2 Å². The second-order valence-corrected chi connectivity index (χ2v) is 6.10. The van der Waals surface area contributed by atoms with Gasteiger partial charge in [0, 0.05) is 11.5 Å². The Kier molecular flexibility index (Phi) is 4.54. The van der Waals surface area contributed by atoms with Crippen LogP contribution in [0.25, 0.3) is 0 Å². The SMILES string of the molecule is CC(C)c1nc(S[C@@H](C)C(=O)c2ccc(F)cc2)n[nH]1. The van der Waals surface area contributed by atoms with E-state index in [1.54, 1.807) is 6.92 Å². The lowest BCUT2D eigenvalue weighted by Crippen LogP contribution is -2.13. The average Bonchev–Trinajstić information content (AvgIpc) is 2.87. The predicted molar refractivity (Wildman–Crippen MR) is 76.5 cm³/mol. The Morgan fingerprint density at radius 2 is 1.90 bits per heavy atom. The molecule has 0 saturated carbocycles. The third kappa shape index (κ3) is 3.45. The molecule has 2 rings (SSSR count). The highest BCUT2D eigenvalue weighted by atomic mass is 32.2. The molecule has 1 atom stereocenters. The molecular formula is C14H16FN3OS. The molecule has 1 aromatic heterocycles. The van der Waals surface area contributed by atoms with E-state index in [2.05, 4.69) is 15.2 Å². The van der Waals surface area contributed by atoms with Crippen LogP contribution in [-0.4, -0.2) is 26.2 Å². The molecule has 0 radical (unpaired) electrons. The zero-order valence-corrected chi connectivity index (χ0v) is 12.4. The topological polar surface area (TPSA) is 58.6 Å². The van der Waals surface area contributed by atoms with Gasteiger partial charge in [-0.25, -0.2) is 9.37 Å². The Morgan fingerprint density at radius 1 is 1.25 bits per heavy atom. The van der Waals surface area contributed by atoms with Crippen molar-refractivity contribution in [1.29, 1.82) is 0 Å². The predicted octanol–water partition coefficient (Wildman–Crippen LogP) is 3.43. The standard InChI is InChI=1S/C14H16FN3OS/c1-8(2)13-16-14(18-17-13)20-9(3)12(19)10-4-6-11(15)7-5-10/h4-9H,1-3H3,(H,16,17,18)/t9-/m0/s1. The Hall–Kier alpha value is -1.69. The van der Waals surface area contributed by atoms with Gasteiger partial charge >= 0.3 is 0 Å². The number of hydrogen-bond acceptors (Lipinski definition) is 4. The Morgan fingerprint density at radius 3 is 2.45 bits per heavy atom. The Labute approximate surface area is 121 Å². The average molecular weight is 293 g/mol. The molecule has 0 amide bonds. The smallest absolute Gasteiger partial charge is 0.209 e. The van der Waals surface area contributed by atoms with Gasteiger partial charge in [0.25, 0.3) is 0 Å². The van der Waals surface area contributed by atoms with E-state index in [-0.39, 0.29) is 22.8 Å². The third-order valence-corrected chi connectivity index (χ3v) is 3.77. The first kappa shape index (κ1) is 14.7. The van der Waals surface area contributed by atoms with E-state index in [0.29, 0.717) is 10.7 Å². The van der Waals surface area contributed by atoms with Crippen LogP contribution in [0.5, 0.6) is 0 Å². The molecule has 20 heavy (non-hydrogen) atoms. The van der Waals surface area contributed by atoms with Crippen molar-refractivity contribution < 1.29 is 9.18 Å². The normalized spacial score (nSPS) is 12.7. The van der Waals surface area contributed by atoms with Crippen LogP contribution in [0.1, 0.15) is 42.9 Å². The molecule has 1 heterocycles. The molecule has 6 heteroatoms. The van der Waals surface area contributed by atoms with Gasteiger partial charge in [-0.3, -0.25) is 9.89 Å². The van der Waals surface area contributed by atoms with Crippen LogP contribution in [0.2, 0.25) is 0 Å². The minimum absolute atomic E-state index is 0.0640. The molecule has 0 bridgehead atoms. The molecule has 0 aliphatic rings. The lowest BCUT2D eigenvalue weighted by atomic mass is 10.1. The summed E-state index contributed by atoms with van der Waals surface area (Å²) < 4.78 is 12.8. The summed E-state index contributed by atoms with van der Waals surface area (Å²) in [5, 5.41) is 7.17. The summed E-state index contributed by atoms with van der Waals surface area (Å²) in [6.45, 7) is 5.83. The number of rotatable bonds is 5. The van der Waals surface area contributed by atoms with Crippen molar-refractivity contribution in [3.63, 3.8) is 0 Å². The van der Waals surface area contributed by atoms with Crippen molar-refractivity contribution in [3.05, 3.63) is 41.5 Å². The van der Waals surface area contributed by atoms with Gasteiger partial charge in [0.05, 0.1) is 5.25 Å². The van der Waals surface area contributed by atoms with Crippen LogP contribution in [0.4, 0.5) is 4.39 Å². The van der Waals surface area contributed by atoms with Crippen LogP contribution >= 0.6 is 11.8 Å². The summed E-state index contributed by atoms with van der Waals surface area (Å²) in [5.41, 5.74) is 0.492. The number of halogens is 1. The molecular weight excluding hydrogens is 277 g/mol. The molecule has 1 aromatic carbocycles. The zero-order chi connectivity index (χ0) is 14.7. The highest BCUT2D eigenvalue weighted by Gasteiger charge is 2.19. The van der Waals surface area contributed by atoms with Gasteiger partial charge in [-0.15, -0.1) is 5.10 Å². The fourth-order valence-electron chi connectivity index (χ4n) is 1.63. The van der Waals surface area contributed by atoms with Crippen molar-refractivity contribution in [3.8, 4) is 0 Å². The minimum atomic E-state index is -0.350. The number of benzene rings is 1. The molecule has 1 N–H and O–H groups in total. The summed E-state index contributed by atoms with van der Waals surface area (Å²) in [6, 6.07) is 5.56. The maximum Gasteiger partial charge on any atom is 0.209 e. The number of nitrogens with one attached hydrogen (secondary N) is 1. The fourth-order valence-corrected chi connectivity index (χ4v) is 2.44. The quantitative estimate of drug-likeness (QED) is 0.678. The zero-order valence-electron chi connectivity index (χ0n) is 11.6. The first-order valence-electron chi connectivity index (χ1n) is 6.36. The van der Waals surface area contributed by atoms with Gasteiger partial charge in [0.2, 0.25) is 5.16 Å². The van der Waals surface area contributed by atoms with Gasteiger partial charge in [0.15, 0.2) is 5.78 Å². The number of aromatic nitrogens is 3. The second kappa shape index (κ2) is 6.17. The van der Waals surface area contributed by atoms with Crippen LogP contribution in [-0.2, 0) is 0 Å². The van der Waals surface area contributed by atoms with Gasteiger partial charge in [-0.2, -0.15) is 0 Å². The minimum Gasteiger partial charge on any atom is -0.293 e. The van der Waals surface area contributed by atoms with Crippen LogP contribution in [0.15, 0.2) is 29.4 Å². The summed E-state index contributed by atoms with van der Waals surface area (Å²) in [5.74, 6) is 0.650. The molecule has 0 unspecified atom stereocenters. The lowest BCUT2D eigenvalue weighted by Gasteiger charge is -2.07. The van der Waals surface area contributed by atoms with Crippen molar-refractivity contribution in [2.45, 2.75) is 37.1 Å². The van der Waals surface area contributed by atoms with Gasteiger partial charge < -0.3 is 0 Å². The van der Waals surface area contributed by atoms with Crippen LogP contribution < -0.4 is 0 Å². The number of carbonyl (C=O) groups excluding carboxylic acids is 1. The van der Waals surface area contributed by atoms with Crippen molar-refractivity contribution in [2.75, 3.05) is 0 Å². The second-order valence-electron chi connectivity index (χ2n) is 4.79. The fraction of sp³-hybridized carbons (Fsp3) is 0.357. The molecule has 2 aromatic rings. The largest absolute Gasteiger partial charge is 0.293 e. The van der Waals surface area contributed by atoms with Gasteiger partial charge in [0.1, 0.15) is 11.6 Å². The van der Waals surface area contributed by atoms with Crippen molar-refractivity contribution in [1.82, 2.24) is 15.2 Å². The lowest BCUT2D eigenvalue weighted by molar-refractivity contribution is 0.0994. The van der Waals surface area contributed by atoms with E-state index < -0.39 is 0 Å². The van der Waals surface area contributed by atoms with E-state index in [9.17, 15) is 9.18 Å². The molecule has 0 fully saturated rings. The number of carbonyl (C=O) groups is 1. The molecule has 0 aliphatic carbocycles. The third-order valence-electron chi connectivity index (χ3n) is 2.81. The molecule has 106 valence electrons. The number of hydrogen-bond donors (Lipinski definition) is 1. The summed E-state index contributed by atoms with van der Waals surface area (Å²) >= 11 is 1.29. The van der Waals surface area contributed by atoms with Crippen molar-refractivity contribution in [2.24, 2.45) is 0 Å². The maximum atomic E-state index is 12.8. The van der Waals surface area contributed by atoms with Gasteiger partial charge in [-0.1, -0.05) is 25.6 Å². The number of H-pyrrole nitrogens is 1. The van der Waals surface area contributed by atoms with E-state index >= 15 is 0 Å².